The highest BCUT2D eigenvalue weighted by atomic mass is 16.3. The van der Waals surface area contributed by atoms with E-state index in [-0.39, 0.29) is 17.9 Å². The summed E-state index contributed by atoms with van der Waals surface area (Å²) in [5.41, 5.74) is 0.526. The predicted octanol–water partition coefficient (Wildman–Crippen LogP) is 2.68. The van der Waals surface area contributed by atoms with Gasteiger partial charge >= 0.3 is 0 Å². The third kappa shape index (κ3) is 5.61. The molecule has 0 aliphatic rings. The maximum Gasteiger partial charge on any atom is 0.257 e. The second-order valence-corrected chi connectivity index (χ2v) is 5.72. The second kappa shape index (κ2) is 8.49. The van der Waals surface area contributed by atoms with Crippen LogP contribution in [0.15, 0.2) is 23.0 Å². The maximum absolute atomic E-state index is 12.4. The molecule has 1 atom stereocenters. The first-order valence-corrected chi connectivity index (χ1v) is 7.55. The van der Waals surface area contributed by atoms with Crippen LogP contribution in [0.3, 0.4) is 0 Å². The van der Waals surface area contributed by atoms with Crippen molar-refractivity contribution in [2.75, 3.05) is 13.1 Å². The Hall–Kier alpha value is -1.78. The minimum absolute atomic E-state index is 0.0167. The molecule has 0 radical (unpaired) electrons. The van der Waals surface area contributed by atoms with E-state index >= 15 is 0 Å². The van der Waals surface area contributed by atoms with Crippen molar-refractivity contribution in [2.45, 2.75) is 46.6 Å². The first-order chi connectivity index (χ1) is 9.95. The quantitative estimate of drug-likeness (QED) is 0.802. The van der Waals surface area contributed by atoms with Crippen LogP contribution in [-0.4, -0.2) is 35.8 Å². The molecule has 0 fully saturated rings. The maximum atomic E-state index is 12.4. The number of furan rings is 1. The third-order valence-electron chi connectivity index (χ3n) is 3.44. The van der Waals surface area contributed by atoms with Gasteiger partial charge in [0.05, 0.1) is 11.8 Å². The van der Waals surface area contributed by atoms with Crippen molar-refractivity contribution >= 4 is 11.8 Å². The Kier molecular flexibility index (Phi) is 6.99. The summed E-state index contributed by atoms with van der Waals surface area (Å²) in [6.07, 6.45) is 4.09. The Bertz CT molecular complexity index is 440. The summed E-state index contributed by atoms with van der Waals surface area (Å²) in [6, 6.07) is 1.74. The molecule has 0 aromatic carbocycles. The Balaban J connectivity index is 2.59. The first-order valence-electron chi connectivity index (χ1n) is 7.55. The van der Waals surface area contributed by atoms with Crippen LogP contribution in [-0.2, 0) is 4.79 Å². The summed E-state index contributed by atoms with van der Waals surface area (Å²) >= 11 is 0. The van der Waals surface area contributed by atoms with Gasteiger partial charge < -0.3 is 14.6 Å². The molecule has 0 saturated heterocycles. The van der Waals surface area contributed by atoms with Crippen molar-refractivity contribution in [1.29, 1.82) is 0 Å². The topological polar surface area (TPSA) is 62.6 Å². The number of carbonyl (C=O) groups is 2. The SMILES string of the molecule is CC[C@H](C)N(CCC(=O)NCC(C)C)C(=O)c1ccoc1. The zero-order chi connectivity index (χ0) is 15.8. The highest BCUT2D eigenvalue weighted by Gasteiger charge is 2.21. The van der Waals surface area contributed by atoms with Gasteiger partial charge in [0.15, 0.2) is 0 Å². The number of nitrogens with one attached hydrogen (secondary N) is 1. The van der Waals surface area contributed by atoms with Crippen molar-refractivity contribution < 1.29 is 14.0 Å². The number of hydrogen-bond acceptors (Lipinski definition) is 3. The molecule has 1 heterocycles. The molecular weight excluding hydrogens is 268 g/mol. The molecule has 1 rings (SSSR count). The molecular formula is C16H26N2O3. The molecule has 5 nitrogen and oxygen atoms in total. The summed E-state index contributed by atoms with van der Waals surface area (Å²) in [7, 11) is 0. The number of hydrogen-bond donors (Lipinski definition) is 1. The summed E-state index contributed by atoms with van der Waals surface area (Å²) in [5, 5.41) is 2.87. The van der Waals surface area contributed by atoms with Crippen LogP contribution >= 0.6 is 0 Å². The van der Waals surface area contributed by atoms with E-state index in [9.17, 15) is 9.59 Å². The first kappa shape index (κ1) is 17.3. The Labute approximate surface area is 126 Å². The van der Waals surface area contributed by atoms with Gasteiger partial charge in [0.25, 0.3) is 5.91 Å². The standard InChI is InChI=1S/C16H26N2O3/c1-5-13(4)18(16(20)14-7-9-21-11-14)8-6-15(19)17-10-12(2)3/h7,9,11-13H,5-6,8,10H2,1-4H3,(H,17,19)/t13-/m0/s1. The number of nitrogens with zero attached hydrogens (tertiary/aromatic N) is 1. The van der Waals surface area contributed by atoms with Crippen LogP contribution in [0.5, 0.6) is 0 Å². The number of amides is 2. The number of rotatable bonds is 8. The van der Waals surface area contributed by atoms with Crippen molar-refractivity contribution in [3.05, 3.63) is 24.2 Å². The Morgan fingerprint density at radius 3 is 2.57 bits per heavy atom. The van der Waals surface area contributed by atoms with E-state index in [0.29, 0.717) is 31.0 Å². The van der Waals surface area contributed by atoms with Crippen molar-refractivity contribution in [3.8, 4) is 0 Å². The fourth-order valence-electron chi connectivity index (χ4n) is 1.92. The normalized spacial score (nSPS) is 12.2. The van der Waals surface area contributed by atoms with E-state index < -0.39 is 0 Å². The average Bonchev–Trinajstić information content (AvgIpc) is 2.98. The third-order valence-corrected chi connectivity index (χ3v) is 3.44. The van der Waals surface area contributed by atoms with Gasteiger partial charge in [-0.3, -0.25) is 9.59 Å². The molecule has 21 heavy (non-hydrogen) atoms. The van der Waals surface area contributed by atoms with Gasteiger partial charge in [-0.2, -0.15) is 0 Å². The molecule has 5 heteroatoms. The van der Waals surface area contributed by atoms with Gasteiger partial charge in [0.2, 0.25) is 5.91 Å². The zero-order valence-electron chi connectivity index (χ0n) is 13.4. The molecule has 1 aromatic heterocycles. The van der Waals surface area contributed by atoms with Gasteiger partial charge in [0, 0.05) is 25.6 Å². The highest BCUT2D eigenvalue weighted by Crippen LogP contribution is 2.12. The lowest BCUT2D eigenvalue weighted by Gasteiger charge is -2.28. The molecule has 0 saturated carbocycles. The lowest BCUT2D eigenvalue weighted by molar-refractivity contribution is -0.121. The van der Waals surface area contributed by atoms with Gasteiger partial charge in [-0.15, -0.1) is 0 Å². The van der Waals surface area contributed by atoms with Gasteiger partial charge in [0.1, 0.15) is 6.26 Å². The van der Waals surface area contributed by atoms with Crippen molar-refractivity contribution in [1.82, 2.24) is 10.2 Å². The molecule has 0 aliphatic heterocycles. The van der Waals surface area contributed by atoms with Gasteiger partial charge in [-0.25, -0.2) is 0 Å². The van der Waals surface area contributed by atoms with E-state index in [0.717, 1.165) is 6.42 Å². The Morgan fingerprint density at radius 1 is 1.33 bits per heavy atom. The fourth-order valence-corrected chi connectivity index (χ4v) is 1.92. The molecule has 0 spiro atoms. The number of carbonyl (C=O) groups excluding carboxylic acids is 2. The summed E-state index contributed by atoms with van der Waals surface area (Å²) in [4.78, 5) is 26.0. The largest absolute Gasteiger partial charge is 0.472 e. The summed E-state index contributed by atoms with van der Waals surface area (Å²) in [6.45, 7) is 9.20. The van der Waals surface area contributed by atoms with E-state index in [1.54, 1.807) is 11.0 Å². The minimum atomic E-state index is -0.0882. The van der Waals surface area contributed by atoms with Crippen molar-refractivity contribution in [3.63, 3.8) is 0 Å². The minimum Gasteiger partial charge on any atom is -0.472 e. The van der Waals surface area contributed by atoms with Gasteiger partial charge in [-0.05, 0) is 25.3 Å². The van der Waals surface area contributed by atoms with Crippen molar-refractivity contribution in [2.24, 2.45) is 5.92 Å². The second-order valence-electron chi connectivity index (χ2n) is 5.72. The van der Waals surface area contributed by atoms with Crippen LogP contribution in [0.25, 0.3) is 0 Å². The van der Waals surface area contributed by atoms with E-state index in [1.165, 1.54) is 12.5 Å². The smallest absolute Gasteiger partial charge is 0.257 e. The lowest BCUT2D eigenvalue weighted by Crippen LogP contribution is -2.41. The molecule has 1 aromatic rings. The van der Waals surface area contributed by atoms with E-state index in [4.69, 9.17) is 4.42 Å². The zero-order valence-corrected chi connectivity index (χ0v) is 13.4. The average molecular weight is 294 g/mol. The van der Waals surface area contributed by atoms with Crippen LogP contribution in [0.2, 0.25) is 0 Å². The predicted molar refractivity (Wildman–Crippen MR) is 82.0 cm³/mol. The van der Waals surface area contributed by atoms with E-state index in [2.05, 4.69) is 5.32 Å². The molecule has 118 valence electrons. The molecule has 2 amide bonds. The van der Waals surface area contributed by atoms with E-state index in [1.807, 2.05) is 27.7 Å². The van der Waals surface area contributed by atoms with Crippen LogP contribution in [0.1, 0.15) is 50.9 Å². The van der Waals surface area contributed by atoms with Crippen LogP contribution in [0.4, 0.5) is 0 Å². The summed E-state index contributed by atoms with van der Waals surface area (Å²) < 4.78 is 4.96. The molecule has 0 bridgehead atoms. The van der Waals surface area contributed by atoms with Gasteiger partial charge in [-0.1, -0.05) is 20.8 Å². The molecule has 0 aliphatic carbocycles. The highest BCUT2D eigenvalue weighted by molar-refractivity contribution is 5.94. The lowest BCUT2D eigenvalue weighted by atomic mass is 10.1. The monoisotopic (exact) mass is 294 g/mol. The molecule has 0 unspecified atom stereocenters. The molecule has 1 N–H and O–H groups in total. The fraction of sp³-hybridized carbons (Fsp3) is 0.625. The Morgan fingerprint density at radius 2 is 2.05 bits per heavy atom. The van der Waals surface area contributed by atoms with Crippen LogP contribution in [0, 0.1) is 5.92 Å². The summed E-state index contributed by atoms with van der Waals surface area (Å²) in [5.74, 6) is 0.318. The van der Waals surface area contributed by atoms with Crippen LogP contribution < -0.4 is 5.32 Å².